The standard InChI is InChI=1S/C16H17Cl2NO.ClH/c17-14-8-15(18)16(13-6-2-1-5-12(13)14)20-10-11-4-3-7-19-9-11;/h1-2,5-6,8,11,19H,3-4,7,9-10H2;1H. The quantitative estimate of drug-likeness (QED) is 0.849. The lowest BCUT2D eigenvalue weighted by Crippen LogP contribution is -2.33. The molecule has 1 fully saturated rings. The summed E-state index contributed by atoms with van der Waals surface area (Å²) < 4.78 is 6.01. The van der Waals surface area contributed by atoms with E-state index in [1.807, 2.05) is 24.3 Å². The summed E-state index contributed by atoms with van der Waals surface area (Å²) in [6.45, 7) is 2.82. The van der Waals surface area contributed by atoms with E-state index in [1.165, 1.54) is 12.8 Å². The van der Waals surface area contributed by atoms with Gasteiger partial charge in [-0.15, -0.1) is 12.4 Å². The van der Waals surface area contributed by atoms with Crippen molar-refractivity contribution in [3.05, 3.63) is 40.4 Å². The van der Waals surface area contributed by atoms with Gasteiger partial charge in [0.15, 0.2) is 0 Å². The van der Waals surface area contributed by atoms with E-state index in [1.54, 1.807) is 6.07 Å². The molecule has 3 rings (SSSR count). The molecule has 1 aliphatic rings. The molecule has 1 heterocycles. The molecule has 114 valence electrons. The van der Waals surface area contributed by atoms with Gasteiger partial charge in [-0.05, 0) is 25.5 Å². The second-order valence-electron chi connectivity index (χ2n) is 5.24. The SMILES string of the molecule is Cl.Clc1cc(Cl)c2ccccc2c1OCC1CCCNC1. The van der Waals surface area contributed by atoms with E-state index < -0.39 is 0 Å². The van der Waals surface area contributed by atoms with Crippen LogP contribution in [0.2, 0.25) is 10.0 Å². The molecule has 1 saturated heterocycles. The van der Waals surface area contributed by atoms with Gasteiger partial charge in [0.1, 0.15) is 5.75 Å². The van der Waals surface area contributed by atoms with Crippen LogP contribution in [0.5, 0.6) is 5.75 Å². The molecule has 1 N–H and O–H groups in total. The van der Waals surface area contributed by atoms with Crippen molar-refractivity contribution in [1.29, 1.82) is 0 Å². The molecule has 0 amide bonds. The lowest BCUT2D eigenvalue weighted by atomic mass is 10.0. The average molecular weight is 347 g/mol. The summed E-state index contributed by atoms with van der Waals surface area (Å²) in [6, 6.07) is 9.70. The Labute approximate surface area is 141 Å². The van der Waals surface area contributed by atoms with Crippen LogP contribution in [-0.2, 0) is 0 Å². The van der Waals surface area contributed by atoms with E-state index in [0.29, 0.717) is 22.6 Å². The molecule has 0 radical (unpaired) electrons. The van der Waals surface area contributed by atoms with Crippen LogP contribution in [-0.4, -0.2) is 19.7 Å². The van der Waals surface area contributed by atoms with Crippen LogP contribution in [0.25, 0.3) is 10.8 Å². The molecule has 1 unspecified atom stereocenters. The van der Waals surface area contributed by atoms with E-state index in [4.69, 9.17) is 27.9 Å². The highest BCUT2D eigenvalue weighted by molar-refractivity contribution is 6.39. The Kier molecular flexibility index (Phi) is 6.00. The Morgan fingerprint density at radius 3 is 2.62 bits per heavy atom. The van der Waals surface area contributed by atoms with Crippen molar-refractivity contribution in [2.24, 2.45) is 5.92 Å². The molecule has 1 aliphatic heterocycles. The van der Waals surface area contributed by atoms with Crippen molar-refractivity contribution >= 4 is 46.4 Å². The van der Waals surface area contributed by atoms with Gasteiger partial charge in [-0.3, -0.25) is 0 Å². The van der Waals surface area contributed by atoms with Crippen LogP contribution in [0.1, 0.15) is 12.8 Å². The van der Waals surface area contributed by atoms with Crippen molar-refractivity contribution in [2.45, 2.75) is 12.8 Å². The fraction of sp³-hybridized carbons (Fsp3) is 0.375. The average Bonchev–Trinajstić information content (AvgIpc) is 2.48. The van der Waals surface area contributed by atoms with Crippen molar-refractivity contribution < 1.29 is 4.74 Å². The van der Waals surface area contributed by atoms with E-state index in [0.717, 1.165) is 29.6 Å². The summed E-state index contributed by atoms with van der Waals surface area (Å²) in [7, 11) is 0. The van der Waals surface area contributed by atoms with E-state index in [-0.39, 0.29) is 12.4 Å². The van der Waals surface area contributed by atoms with Crippen LogP contribution in [0.3, 0.4) is 0 Å². The van der Waals surface area contributed by atoms with Crippen molar-refractivity contribution in [2.75, 3.05) is 19.7 Å². The zero-order valence-electron chi connectivity index (χ0n) is 11.6. The number of piperidine rings is 1. The monoisotopic (exact) mass is 345 g/mol. The van der Waals surface area contributed by atoms with Crippen LogP contribution in [0, 0.1) is 5.92 Å². The third kappa shape index (κ3) is 3.75. The highest BCUT2D eigenvalue weighted by Crippen LogP contribution is 2.38. The molecule has 0 spiro atoms. The lowest BCUT2D eigenvalue weighted by Gasteiger charge is -2.23. The first-order valence-corrected chi connectivity index (χ1v) is 7.71. The van der Waals surface area contributed by atoms with Gasteiger partial charge >= 0.3 is 0 Å². The summed E-state index contributed by atoms with van der Waals surface area (Å²) in [5.41, 5.74) is 0. The number of rotatable bonds is 3. The third-order valence-electron chi connectivity index (χ3n) is 3.76. The van der Waals surface area contributed by atoms with Crippen LogP contribution >= 0.6 is 35.6 Å². The van der Waals surface area contributed by atoms with Crippen molar-refractivity contribution in [1.82, 2.24) is 5.32 Å². The summed E-state index contributed by atoms with van der Waals surface area (Å²) >= 11 is 12.5. The molecule has 2 aromatic rings. The van der Waals surface area contributed by atoms with Gasteiger partial charge in [0, 0.05) is 23.2 Å². The molecule has 0 bridgehead atoms. The van der Waals surface area contributed by atoms with Gasteiger partial charge in [0.05, 0.1) is 16.7 Å². The predicted molar refractivity (Wildman–Crippen MR) is 92.3 cm³/mol. The third-order valence-corrected chi connectivity index (χ3v) is 4.36. The molecule has 5 heteroatoms. The number of ether oxygens (including phenoxy) is 1. The van der Waals surface area contributed by atoms with Gasteiger partial charge in [-0.25, -0.2) is 0 Å². The minimum absolute atomic E-state index is 0. The topological polar surface area (TPSA) is 21.3 Å². The highest BCUT2D eigenvalue weighted by atomic mass is 35.5. The summed E-state index contributed by atoms with van der Waals surface area (Å²) in [4.78, 5) is 0. The van der Waals surface area contributed by atoms with Crippen molar-refractivity contribution in [3.63, 3.8) is 0 Å². The Hall–Kier alpha value is -0.670. The van der Waals surface area contributed by atoms with Gasteiger partial charge in [-0.1, -0.05) is 47.5 Å². The van der Waals surface area contributed by atoms with E-state index >= 15 is 0 Å². The Balaban J connectivity index is 0.00000161. The number of benzene rings is 2. The summed E-state index contributed by atoms with van der Waals surface area (Å²) in [5, 5.41) is 6.61. The second-order valence-corrected chi connectivity index (χ2v) is 6.05. The molecule has 21 heavy (non-hydrogen) atoms. The molecule has 2 aromatic carbocycles. The number of fused-ring (bicyclic) bond motifs is 1. The molecule has 2 nitrogen and oxygen atoms in total. The Morgan fingerprint density at radius 2 is 1.90 bits per heavy atom. The van der Waals surface area contributed by atoms with Gasteiger partial charge < -0.3 is 10.1 Å². The molecule has 0 aliphatic carbocycles. The highest BCUT2D eigenvalue weighted by Gasteiger charge is 2.16. The van der Waals surface area contributed by atoms with Gasteiger partial charge in [-0.2, -0.15) is 0 Å². The van der Waals surface area contributed by atoms with E-state index in [2.05, 4.69) is 5.32 Å². The maximum Gasteiger partial charge on any atom is 0.145 e. The van der Waals surface area contributed by atoms with Crippen LogP contribution < -0.4 is 10.1 Å². The van der Waals surface area contributed by atoms with Crippen LogP contribution in [0.15, 0.2) is 30.3 Å². The fourth-order valence-electron chi connectivity index (χ4n) is 2.69. The summed E-state index contributed by atoms with van der Waals surface area (Å²) in [5.74, 6) is 1.30. The Bertz CT molecular complexity index is 612. The minimum atomic E-state index is 0. The fourth-order valence-corrected chi connectivity index (χ4v) is 3.28. The first-order chi connectivity index (χ1) is 9.75. The number of hydrogen-bond acceptors (Lipinski definition) is 2. The molecule has 0 saturated carbocycles. The van der Waals surface area contributed by atoms with Crippen molar-refractivity contribution in [3.8, 4) is 5.75 Å². The zero-order valence-corrected chi connectivity index (χ0v) is 13.9. The first kappa shape index (κ1) is 16.7. The number of hydrogen-bond donors (Lipinski definition) is 1. The number of halogens is 3. The first-order valence-electron chi connectivity index (χ1n) is 6.96. The molecule has 0 aromatic heterocycles. The van der Waals surface area contributed by atoms with Crippen LogP contribution in [0.4, 0.5) is 0 Å². The largest absolute Gasteiger partial charge is 0.491 e. The van der Waals surface area contributed by atoms with Gasteiger partial charge in [0.2, 0.25) is 0 Å². The molecular weight excluding hydrogens is 329 g/mol. The zero-order chi connectivity index (χ0) is 13.9. The second kappa shape index (κ2) is 7.55. The number of nitrogens with one attached hydrogen (secondary N) is 1. The molecule has 1 atom stereocenters. The normalized spacial score (nSPS) is 18.3. The smallest absolute Gasteiger partial charge is 0.145 e. The minimum Gasteiger partial charge on any atom is -0.491 e. The molecular formula is C16H18Cl3NO. The Morgan fingerprint density at radius 1 is 1.14 bits per heavy atom. The predicted octanol–water partition coefficient (Wildman–Crippen LogP) is 4.95. The lowest BCUT2D eigenvalue weighted by molar-refractivity contribution is 0.220. The van der Waals surface area contributed by atoms with E-state index in [9.17, 15) is 0 Å². The maximum atomic E-state index is 6.30. The summed E-state index contributed by atoms with van der Waals surface area (Å²) in [6.07, 6.45) is 2.42. The maximum absolute atomic E-state index is 6.30. The van der Waals surface area contributed by atoms with Gasteiger partial charge in [0.25, 0.3) is 0 Å².